The predicted molar refractivity (Wildman–Crippen MR) is 299 cm³/mol. The summed E-state index contributed by atoms with van der Waals surface area (Å²) >= 11 is 0. The lowest BCUT2D eigenvalue weighted by atomic mass is 9.95. The van der Waals surface area contributed by atoms with Crippen LogP contribution in [-0.4, -0.2) is 4.57 Å². The van der Waals surface area contributed by atoms with Gasteiger partial charge < -0.3 is 13.9 Å². The molecule has 0 saturated heterocycles. The first kappa shape index (κ1) is 40.6. The molecule has 3 heteroatoms. The average molecular weight is 905 g/mol. The van der Waals surface area contributed by atoms with Crippen LogP contribution in [0.4, 0.5) is 17.1 Å². The van der Waals surface area contributed by atoms with Crippen molar-refractivity contribution in [2.45, 2.75) is 0 Å². The van der Waals surface area contributed by atoms with Gasteiger partial charge in [-0.05, 0) is 98.4 Å². The number of rotatable bonds is 8. The number of furan rings is 1. The monoisotopic (exact) mass is 904 g/mol. The molecule has 2 heterocycles. The minimum Gasteiger partial charge on any atom is -0.455 e. The van der Waals surface area contributed by atoms with E-state index in [-0.39, 0.29) is 0 Å². The first-order valence-corrected chi connectivity index (χ1v) is 24.3. The average Bonchev–Trinajstić information content (AvgIpc) is 4.00. The molecule has 0 amide bonds. The molecular formula is C68H44N2O. The summed E-state index contributed by atoms with van der Waals surface area (Å²) in [5.41, 5.74) is 17.6. The zero-order valence-electron chi connectivity index (χ0n) is 38.7. The molecule has 71 heavy (non-hydrogen) atoms. The Morgan fingerprint density at radius 2 is 0.803 bits per heavy atom. The van der Waals surface area contributed by atoms with Gasteiger partial charge in [-0.1, -0.05) is 212 Å². The van der Waals surface area contributed by atoms with Crippen molar-refractivity contribution in [1.29, 1.82) is 0 Å². The Hall–Kier alpha value is -9.44. The summed E-state index contributed by atoms with van der Waals surface area (Å²) in [6, 6.07) is 96.7. The smallest absolute Gasteiger partial charge is 0.143 e. The number of hydrogen-bond acceptors (Lipinski definition) is 2. The van der Waals surface area contributed by atoms with E-state index in [0.29, 0.717) is 0 Å². The molecule has 12 aromatic carbocycles. The Labute approximate surface area is 411 Å². The third-order valence-corrected chi connectivity index (χ3v) is 14.4. The van der Waals surface area contributed by atoms with Gasteiger partial charge in [0.05, 0.1) is 28.1 Å². The van der Waals surface area contributed by atoms with Gasteiger partial charge in [-0.3, -0.25) is 0 Å². The van der Waals surface area contributed by atoms with E-state index in [2.05, 4.69) is 270 Å². The second kappa shape index (κ2) is 16.7. The van der Waals surface area contributed by atoms with Crippen LogP contribution in [0.3, 0.4) is 0 Å². The molecule has 14 aromatic rings. The number of fused-ring (bicyclic) bond motifs is 9. The Kier molecular flexibility index (Phi) is 9.53. The summed E-state index contributed by atoms with van der Waals surface area (Å²) in [7, 11) is 0. The van der Waals surface area contributed by atoms with Crippen LogP contribution in [0.5, 0.6) is 0 Å². The van der Waals surface area contributed by atoms with Gasteiger partial charge in [-0.2, -0.15) is 0 Å². The first-order valence-electron chi connectivity index (χ1n) is 24.3. The molecular weight excluding hydrogens is 861 g/mol. The molecule has 3 nitrogen and oxygen atoms in total. The highest BCUT2D eigenvalue weighted by Crippen LogP contribution is 2.48. The highest BCUT2D eigenvalue weighted by atomic mass is 16.3. The Morgan fingerprint density at radius 3 is 1.56 bits per heavy atom. The minimum atomic E-state index is 0.882. The third kappa shape index (κ3) is 6.74. The van der Waals surface area contributed by atoms with Gasteiger partial charge in [0, 0.05) is 49.5 Å². The lowest BCUT2D eigenvalue weighted by molar-refractivity contribution is 0.670. The minimum absolute atomic E-state index is 0.882. The number of aromatic nitrogens is 1. The molecule has 0 saturated carbocycles. The molecule has 2 aromatic heterocycles. The van der Waals surface area contributed by atoms with Crippen LogP contribution in [0, 0.1) is 0 Å². The van der Waals surface area contributed by atoms with Gasteiger partial charge >= 0.3 is 0 Å². The van der Waals surface area contributed by atoms with E-state index < -0.39 is 0 Å². The molecule has 0 atom stereocenters. The van der Waals surface area contributed by atoms with Crippen molar-refractivity contribution < 1.29 is 4.42 Å². The maximum atomic E-state index is 6.69. The quantitative estimate of drug-likeness (QED) is 0.142. The van der Waals surface area contributed by atoms with Crippen molar-refractivity contribution >= 4 is 82.4 Å². The topological polar surface area (TPSA) is 21.3 Å². The van der Waals surface area contributed by atoms with E-state index in [0.717, 1.165) is 78.1 Å². The second-order valence-electron chi connectivity index (χ2n) is 18.4. The normalized spacial score (nSPS) is 11.7. The van der Waals surface area contributed by atoms with Crippen LogP contribution in [0.15, 0.2) is 271 Å². The third-order valence-electron chi connectivity index (χ3n) is 14.4. The van der Waals surface area contributed by atoms with Crippen LogP contribution >= 0.6 is 0 Å². The van der Waals surface area contributed by atoms with Gasteiger partial charge in [0.2, 0.25) is 0 Å². The van der Waals surface area contributed by atoms with Crippen LogP contribution in [0.2, 0.25) is 0 Å². The maximum Gasteiger partial charge on any atom is 0.143 e. The lowest BCUT2D eigenvalue weighted by Gasteiger charge is -2.30. The van der Waals surface area contributed by atoms with Crippen molar-refractivity contribution in [2.24, 2.45) is 0 Å². The summed E-state index contributed by atoms with van der Waals surface area (Å²) in [6.07, 6.45) is 0. The summed E-state index contributed by atoms with van der Waals surface area (Å²) in [6.45, 7) is 0. The SMILES string of the molecule is c1ccc(N(c2ccc(-c3ccc(-c4ccccc4-n4c5ccccc5c5ccccc54)cc3)cc2)c2ccccc2-c2cccc3c2oc2ccccc23)c(-c2ccc3c(ccc4ccccc43)c2)c1. The van der Waals surface area contributed by atoms with E-state index in [4.69, 9.17) is 4.42 Å². The van der Waals surface area contributed by atoms with Gasteiger partial charge in [-0.15, -0.1) is 0 Å². The van der Waals surface area contributed by atoms with Crippen LogP contribution in [-0.2, 0) is 0 Å². The molecule has 0 radical (unpaired) electrons. The molecule has 14 rings (SSSR count). The fourth-order valence-electron chi connectivity index (χ4n) is 11.1. The number of nitrogens with zero attached hydrogens (tertiary/aromatic N) is 2. The molecule has 0 aliphatic carbocycles. The van der Waals surface area contributed by atoms with Crippen molar-refractivity contribution in [3.05, 3.63) is 267 Å². The summed E-state index contributed by atoms with van der Waals surface area (Å²) in [5, 5.41) is 9.71. The molecule has 0 spiro atoms. The lowest BCUT2D eigenvalue weighted by Crippen LogP contribution is -2.12. The fraction of sp³-hybridized carbons (Fsp3) is 0. The molecule has 0 fully saturated rings. The van der Waals surface area contributed by atoms with Gasteiger partial charge in [0.15, 0.2) is 0 Å². The van der Waals surface area contributed by atoms with Gasteiger partial charge in [-0.25, -0.2) is 0 Å². The number of anilines is 3. The second-order valence-corrected chi connectivity index (χ2v) is 18.4. The van der Waals surface area contributed by atoms with Crippen molar-refractivity contribution in [3.8, 4) is 50.2 Å². The maximum absolute atomic E-state index is 6.69. The van der Waals surface area contributed by atoms with Crippen LogP contribution < -0.4 is 4.90 Å². The molecule has 0 N–H and O–H groups in total. The van der Waals surface area contributed by atoms with E-state index in [1.165, 1.54) is 54.5 Å². The fourth-order valence-corrected chi connectivity index (χ4v) is 11.1. The molecule has 0 aliphatic rings. The zero-order valence-corrected chi connectivity index (χ0v) is 38.7. The van der Waals surface area contributed by atoms with E-state index in [9.17, 15) is 0 Å². The van der Waals surface area contributed by atoms with Gasteiger partial charge in [0.25, 0.3) is 0 Å². The number of para-hydroxylation sites is 7. The first-order chi connectivity index (χ1) is 35.2. The zero-order chi connectivity index (χ0) is 46.8. The van der Waals surface area contributed by atoms with E-state index >= 15 is 0 Å². The van der Waals surface area contributed by atoms with E-state index in [1.807, 2.05) is 6.07 Å². The highest BCUT2D eigenvalue weighted by Gasteiger charge is 2.23. The van der Waals surface area contributed by atoms with Crippen molar-refractivity contribution in [2.75, 3.05) is 4.90 Å². The standard InChI is InChI=1S/C68H44N2O/c1-2-17-52-47(16-1)36-37-49-44-50(40-43-53(49)52)55-19-4-9-26-62(55)69(64-28-11-7-22-58(64)60-24-15-25-61-59-23-8-14-31-67(59)71-68(60)61)51-41-38-46(39-42-51)45-32-34-48(35-33-45)54-18-3-10-27-63(54)70-65-29-12-5-20-56(65)57-21-6-13-30-66(57)70/h1-44H. The summed E-state index contributed by atoms with van der Waals surface area (Å²) in [5.74, 6) is 0. The number of hydrogen-bond donors (Lipinski definition) is 0. The van der Waals surface area contributed by atoms with Crippen LogP contribution in [0.1, 0.15) is 0 Å². The number of benzene rings is 12. The van der Waals surface area contributed by atoms with Crippen molar-refractivity contribution in [1.82, 2.24) is 4.57 Å². The Bertz CT molecular complexity index is 4290. The van der Waals surface area contributed by atoms with Gasteiger partial charge in [0.1, 0.15) is 11.2 Å². The molecule has 0 bridgehead atoms. The van der Waals surface area contributed by atoms with Crippen LogP contribution in [0.25, 0.3) is 115 Å². The predicted octanol–water partition coefficient (Wildman–Crippen LogP) is 19.1. The summed E-state index contributed by atoms with van der Waals surface area (Å²) < 4.78 is 9.10. The molecule has 332 valence electrons. The van der Waals surface area contributed by atoms with Crippen molar-refractivity contribution in [3.63, 3.8) is 0 Å². The highest BCUT2D eigenvalue weighted by molar-refractivity contribution is 6.12. The summed E-state index contributed by atoms with van der Waals surface area (Å²) in [4.78, 5) is 2.43. The largest absolute Gasteiger partial charge is 0.455 e. The Balaban J connectivity index is 0.886. The van der Waals surface area contributed by atoms with E-state index in [1.54, 1.807) is 0 Å². The molecule has 0 aliphatic heterocycles. The Morgan fingerprint density at radius 1 is 0.296 bits per heavy atom. The molecule has 0 unspecified atom stereocenters.